The predicted molar refractivity (Wildman–Crippen MR) is 124 cm³/mol. The van der Waals surface area contributed by atoms with Crippen LogP contribution in [0.1, 0.15) is 11.1 Å². The molecule has 1 aliphatic heterocycles. The maximum absolute atomic E-state index is 10.9. The van der Waals surface area contributed by atoms with Crippen LogP contribution >= 0.6 is 11.8 Å². The Kier molecular flexibility index (Phi) is 8.34. The number of hydrogen-bond acceptors (Lipinski definition) is 6. The number of aliphatic hydroxyl groups excluding tert-OH is 2. The van der Waals surface area contributed by atoms with Gasteiger partial charge in [0.15, 0.2) is 0 Å². The molecule has 0 aromatic heterocycles. The average molecular weight is 453 g/mol. The lowest BCUT2D eigenvalue weighted by molar-refractivity contribution is -0.228. The summed E-state index contributed by atoms with van der Waals surface area (Å²) in [5.74, 6) is 0. The Balaban J connectivity index is 1.44. The van der Waals surface area contributed by atoms with E-state index in [4.69, 9.17) is 14.2 Å². The van der Waals surface area contributed by atoms with Gasteiger partial charge in [-0.25, -0.2) is 0 Å². The van der Waals surface area contributed by atoms with E-state index in [1.165, 1.54) is 11.8 Å². The lowest BCUT2D eigenvalue weighted by Crippen LogP contribution is -2.58. The van der Waals surface area contributed by atoms with Crippen molar-refractivity contribution < 1.29 is 24.4 Å². The van der Waals surface area contributed by atoms with Gasteiger partial charge in [-0.3, -0.25) is 0 Å². The van der Waals surface area contributed by atoms with Crippen molar-refractivity contribution in [3.8, 4) is 0 Å². The second kappa shape index (κ2) is 11.6. The quantitative estimate of drug-likeness (QED) is 0.511. The lowest BCUT2D eigenvalue weighted by atomic mass is 10.00. The fourth-order valence-electron chi connectivity index (χ4n) is 3.61. The molecule has 2 unspecified atom stereocenters. The van der Waals surface area contributed by atoms with E-state index in [0.717, 1.165) is 16.0 Å². The molecule has 1 fully saturated rings. The van der Waals surface area contributed by atoms with Crippen molar-refractivity contribution >= 4 is 11.8 Å². The molecule has 5 atom stereocenters. The highest BCUT2D eigenvalue weighted by atomic mass is 32.2. The molecule has 4 rings (SSSR count). The van der Waals surface area contributed by atoms with Crippen LogP contribution < -0.4 is 0 Å². The van der Waals surface area contributed by atoms with Gasteiger partial charge < -0.3 is 24.4 Å². The minimum absolute atomic E-state index is 0.240. The van der Waals surface area contributed by atoms with Gasteiger partial charge in [0.2, 0.25) is 0 Å². The second-order valence-corrected chi connectivity index (χ2v) is 8.89. The first-order valence-electron chi connectivity index (χ1n) is 10.7. The fourth-order valence-corrected chi connectivity index (χ4v) is 4.69. The Morgan fingerprint density at radius 2 is 1.28 bits per heavy atom. The minimum Gasteiger partial charge on any atom is -0.387 e. The van der Waals surface area contributed by atoms with Gasteiger partial charge in [-0.1, -0.05) is 90.6 Å². The zero-order valence-electron chi connectivity index (χ0n) is 17.7. The summed E-state index contributed by atoms with van der Waals surface area (Å²) >= 11 is 1.38. The summed E-state index contributed by atoms with van der Waals surface area (Å²) in [6, 6.07) is 29.3. The lowest BCUT2D eigenvalue weighted by Gasteiger charge is -2.42. The first-order valence-corrected chi connectivity index (χ1v) is 11.6. The molecule has 0 bridgehead atoms. The average Bonchev–Trinajstić information content (AvgIpc) is 2.84. The molecule has 0 saturated carbocycles. The van der Waals surface area contributed by atoms with E-state index in [-0.39, 0.29) is 6.61 Å². The normalized spacial score (nSPS) is 25.5. The van der Waals surface area contributed by atoms with Gasteiger partial charge >= 0.3 is 0 Å². The van der Waals surface area contributed by atoms with Crippen LogP contribution in [0.3, 0.4) is 0 Å². The summed E-state index contributed by atoms with van der Waals surface area (Å²) in [6.45, 7) is 0.982. The smallest absolute Gasteiger partial charge is 0.136 e. The Morgan fingerprint density at radius 3 is 1.91 bits per heavy atom. The highest BCUT2D eigenvalue weighted by molar-refractivity contribution is 7.99. The molecule has 2 N–H and O–H groups in total. The fraction of sp³-hybridized carbons (Fsp3) is 0.308. The van der Waals surface area contributed by atoms with Gasteiger partial charge in [0, 0.05) is 4.90 Å². The molecule has 1 aliphatic rings. The third-order valence-corrected chi connectivity index (χ3v) is 6.48. The van der Waals surface area contributed by atoms with Crippen molar-refractivity contribution in [1.82, 2.24) is 0 Å². The molecule has 32 heavy (non-hydrogen) atoms. The molecular weight excluding hydrogens is 424 g/mol. The molecule has 3 aromatic carbocycles. The molecule has 0 spiro atoms. The van der Waals surface area contributed by atoms with Gasteiger partial charge in [-0.2, -0.15) is 0 Å². The van der Waals surface area contributed by atoms with Crippen LogP contribution in [0.2, 0.25) is 0 Å². The molecule has 0 radical (unpaired) electrons. The van der Waals surface area contributed by atoms with E-state index in [2.05, 4.69) is 0 Å². The van der Waals surface area contributed by atoms with Gasteiger partial charge in [-0.15, -0.1) is 0 Å². The first kappa shape index (κ1) is 23.0. The zero-order valence-corrected chi connectivity index (χ0v) is 18.5. The number of ether oxygens (including phenoxy) is 3. The highest BCUT2D eigenvalue weighted by Gasteiger charge is 2.45. The van der Waals surface area contributed by atoms with Crippen LogP contribution in [-0.4, -0.2) is 46.7 Å². The van der Waals surface area contributed by atoms with E-state index in [1.807, 2.05) is 91.0 Å². The number of thioether (sulfide) groups is 1. The van der Waals surface area contributed by atoms with E-state index >= 15 is 0 Å². The highest BCUT2D eigenvalue weighted by Crippen LogP contribution is 2.34. The summed E-state index contributed by atoms with van der Waals surface area (Å²) in [5, 5.41) is 21.7. The summed E-state index contributed by atoms with van der Waals surface area (Å²) in [6.07, 6.45) is -3.43. The molecule has 3 aromatic rings. The molecule has 0 amide bonds. The van der Waals surface area contributed by atoms with Crippen LogP contribution in [0, 0.1) is 0 Å². The second-order valence-electron chi connectivity index (χ2n) is 7.72. The van der Waals surface area contributed by atoms with Gasteiger partial charge in [-0.05, 0) is 23.3 Å². The zero-order chi connectivity index (χ0) is 22.2. The molecule has 1 saturated heterocycles. The van der Waals surface area contributed by atoms with Crippen LogP contribution in [0.4, 0.5) is 0 Å². The molecule has 5 nitrogen and oxygen atoms in total. The monoisotopic (exact) mass is 452 g/mol. The standard InChI is InChI=1S/C26H28O5S/c27-23-24(28)26(32-21-14-8-3-9-15-21)31-22(18-29-16-19-10-4-1-5-11-19)25(23)30-17-20-12-6-2-7-13-20/h1-15,22-28H,16-18H2/t22?,23-,24?,25+,26+/m1/s1. The third kappa shape index (κ3) is 6.19. The predicted octanol–water partition coefficient (Wildman–Crippen LogP) is 4.03. The number of rotatable bonds is 9. The maximum Gasteiger partial charge on any atom is 0.136 e. The molecular formula is C26H28O5S. The Labute approximate surface area is 193 Å². The van der Waals surface area contributed by atoms with E-state index in [1.54, 1.807) is 0 Å². The summed E-state index contributed by atoms with van der Waals surface area (Å²) in [4.78, 5) is 0.955. The molecule has 6 heteroatoms. The van der Waals surface area contributed by atoms with Gasteiger partial charge in [0.05, 0.1) is 19.8 Å². The Morgan fingerprint density at radius 1 is 0.719 bits per heavy atom. The van der Waals surface area contributed by atoms with E-state index in [9.17, 15) is 10.2 Å². The third-order valence-electron chi connectivity index (χ3n) is 5.32. The molecule has 168 valence electrons. The van der Waals surface area contributed by atoms with Crippen LogP contribution in [0.5, 0.6) is 0 Å². The number of aliphatic hydroxyl groups is 2. The number of benzene rings is 3. The number of hydrogen-bond donors (Lipinski definition) is 2. The maximum atomic E-state index is 10.9. The van der Waals surface area contributed by atoms with Crippen molar-refractivity contribution in [3.63, 3.8) is 0 Å². The van der Waals surface area contributed by atoms with Crippen molar-refractivity contribution in [3.05, 3.63) is 102 Å². The summed E-state index contributed by atoms with van der Waals surface area (Å²) in [5.41, 5.74) is 1.41. The van der Waals surface area contributed by atoms with Crippen LogP contribution in [0.25, 0.3) is 0 Å². The van der Waals surface area contributed by atoms with E-state index < -0.39 is 29.9 Å². The van der Waals surface area contributed by atoms with Crippen molar-refractivity contribution in [2.45, 2.75) is 48.0 Å². The topological polar surface area (TPSA) is 68.2 Å². The largest absolute Gasteiger partial charge is 0.387 e. The van der Waals surface area contributed by atoms with Crippen LogP contribution in [-0.2, 0) is 27.4 Å². The Hall–Kier alpha value is -2.19. The van der Waals surface area contributed by atoms with Crippen molar-refractivity contribution in [2.75, 3.05) is 6.61 Å². The summed E-state index contributed by atoms with van der Waals surface area (Å²) in [7, 11) is 0. The molecule has 1 heterocycles. The SMILES string of the molecule is OC1[C@@H](O)[C@@H](OCc2ccccc2)C(COCc2ccccc2)O[C@H]1Sc1ccccc1. The first-order chi connectivity index (χ1) is 15.7. The van der Waals surface area contributed by atoms with Gasteiger partial charge in [0.25, 0.3) is 0 Å². The van der Waals surface area contributed by atoms with E-state index in [0.29, 0.717) is 13.2 Å². The van der Waals surface area contributed by atoms with Crippen molar-refractivity contribution in [2.24, 2.45) is 0 Å². The van der Waals surface area contributed by atoms with Crippen LogP contribution in [0.15, 0.2) is 95.9 Å². The molecule has 0 aliphatic carbocycles. The Bertz CT molecular complexity index is 925. The van der Waals surface area contributed by atoms with Gasteiger partial charge in [0.1, 0.15) is 29.9 Å². The van der Waals surface area contributed by atoms with Crippen molar-refractivity contribution in [1.29, 1.82) is 0 Å². The minimum atomic E-state index is -1.10. The summed E-state index contributed by atoms with van der Waals surface area (Å²) < 4.78 is 18.2.